The van der Waals surface area contributed by atoms with Crippen LogP contribution in [-0.4, -0.2) is 21.9 Å². The van der Waals surface area contributed by atoms with Crippen LogP contribution in [0.2, 0.25) is 0 Å². The molecule has 0 spiro atoms. The van der Waals surface area contributed by atoms with Gasteiger partial charge in [0.2, 0.25) is 0 Å². The molecule has 0 aromatic carbocycles. The van der Waals surface area contributed by atoms with Crippen LogP contribution in [0.5, 0.6) is 0 Å². The fraction of sp³-hybridized carbons (Fsp3) is 1.00. The van der Waals surface area contributed by atoms with E-state index in [1.165, 1.54) is 12.8 Å². The average Bonchev–Trinajstić information content (AvgIpc) is 2.59. The number of aliphatic hydroxyl groups excluding tert-OH is 1. The number of fused-ring (bicyclic) bond motifs is 3. The molecule has 0 radical (unpaired) electrons. The second-order valence-corrected chi connectivity index (χ2v) is 7.89. The Labute approximate surface area is 104 Å². The van der Waals surface area contributed by atoms with Crippen molar-refractivity contribution in [3.05, 3.63) is 0 Å². The van der Waals surface area contributed by atoms with Gasteiger partial charge in [-0.2, -0.15) is 0 Å². The first-order valence-corrected chi connectivity index (χ1v) is 7.06. The lowest BCUT2D eigenvalue weighted by atomic mass is 9.51. The number of rotatable bonds is 0. The highest BCUT2D eigenvalue weighted by molar-refractivity contribution is 5.26. The molecule has 3 fully saturated rings. The normalized spacial score (nSPS) is 64.1. The van der Waals surface area contributed by atoms with Gasteiger partial charge in [0.25, 0.3) is 0 Å². The van der Waals surface area contributed by atoms with Crippen molar-refractivity contribution in [3.63, 3.8) is 0 Å². The molecule has 0 saturated heterocycles. The van der Waals surface area contributed by atoms with Crippen molar-refractivity contribution in [2.24, 2.45) is 34.5 Å². The Morgan fingerprint density at radius 3 is 2.24 bits per heavy atom. The largest absolute Gasteiger partial charge is 0.390 e. The van der Waals surface area contributed by atoms with Crippen LogP contribution in [-0.2, 0) is 0 Å². The summed E-state index contributed by atoms with van der Waals surface area (Å²) in [4.78, 5) is 0. The summed E-state index contributed by atoms with van der Waals surface area (Å²) in [6.07, 6.45) is 2.02. The van der Waals surface area contributed by atoms with E-state index in [2.05, 4.69) is 27.7 Å². The number of hydrogen-bond acceptors (Lipinski definition) is 2. The molecule has 3 aliphatic rings. The van der Waals surface area contributed by atoms with Crippen LogP contribution < -0.4 is 0 Å². The molecule has 2 heteroatoms. The molecule has 2 N–H and O–H groups in total. The van der Waals surface area contributed by atoms with Crippen molar-refractivity contribution >= 4 is 0 Å². The third-order valence-electron chi connectivity index (χ3n) is 7.05. The predicted octanol–water partition coefficient (Wildman–Crippen LogP) is 2.44. The van der Waals surface area contributed by atoms with E-state index in [-0.39, 0.29) is 16.7 Å². The van der Waals surface area contributed by atoms with E-state index in [1.54, 1.807) is 0 Å². The topological polar surface area (TPSA) is 40.5 Å². The Kier molecular flexibility index (Phi) is 2.05. The molecule has 7 atom stereocenters. The van der Waals surface area contributed by atoms with Gasteiger partial charge >= 0.3 is 0 Å². The second-order valence-electron chi connectivity index (χ2n) is 7.89. The third-order valence-corrected chi connectivity index (χ3v) is 7.05. The van der Waals surface area contributed by atoms with Gasteiger partial charge in [-0.1, -0.05) is 27.7 Å². The first-order valence-electron chi connectivity index (χ1n) is 7.06. The Hall–Kier alpha value is -0.0800. The third kappa shape index (κ3) is 1.02. The van der Waals surface area contributed by atoms with Crippen molar-refractivity contribution in [3.8, 4) is 0 Å². The standard InChI is InChI=1S/C15H26O2/c1-8-6-7-9-13(2,3)11-10(14(8,9)4)12(16)15(11,5)17/h8-12,16-17H,6-7H2,1-5H3/t8-,9+,10?,11-,12?,14-,15?/m1/s1. The van der Waals surface area contributed by atoms with E-state index in [0.717, 1.165) is 0 Å². The first kappa shape index (κ1) is 12.0. The van der Waals surface area contributed by atoms with Crippen molar-refractivity contribution < 1.29 is 10.2 Å². The molecule has 0 aliphatic heterocycles. The summed E-state index contributed by atoms with van der Waals surface area (Å²) in [6.45, 7) is 11.1. The molecule has 0 aromatic rings. The highest BCUT2D eigenvalue weighted by Gasteiger charge is 2.77. The molecule has 0 bridgehead atoms. The minimum Gasteiger partial charge on any atom is -0.390 e. The van der Waals surface area contributed by atoms with Gasteiger partial charge < -0.3 is 10.2 Å². The van der Waals surface area contributed by atoms with Crippen molar-refractivity contribution in [1.82, 2.24) is 0 Å². The monoisotopic (exact) mass is 238 g/mol. The molecule has 2 nitrogen and oxygen atoms in total. The predicted molar refractivity (Wildman–Crippen MR) is 67.4 cm³/mol. The summed E-state index contributed by atoms with van der Waals surface area (Å²) in [5, 5.41) is 20.9. The van der Waals surface area contributed by atoms with Crippen molar-refractivity contribution in [2.45, 2.75) is 59.2 Å². The zero-order chi connectivity index (χ0) is 12.8. The van der Waals surface area contributed by atoms with Crippen molar-refractivity contribution in [2.75, 3.05) is 0 Å². The molecule has 3 rings (SSSR count). The summed E-state index contributed by atoms with van der Waals surface area (Å²) in [7, 11) is 0. The highest BCUT2D eigenvalue weighted by atomic mass is 16.3. The Bertz CT molecular complexity index is 360. The van der Waals surface area contributed by atoms with Gasteiger partial charge in [0.05, 0.1) is 11.7 Å². The Morgan fingerprint density at radius 1 is 1.06 bits per heavy atom. The van der Waals surface area contributed by atoms with Gasteiger partial charge in [-0.25, -0.2) is 0 Å². The molecule has 3 aliphatic carbocycles. The van der Waals surface area contributed by atoms with E-state index in [4.69, 9.17) is 0 Å². The van der Waals surface area contributed by atoms with E-state index >= 15 is 0 Å². The van der Waals surface area contributed by atoms with Gasteiger partial charge in [-0.05, 0) is 48.3 Å². The molecule has 3 unspecified atom stereocenters. The van der Waals surface area contributed by atoms with Crippen LogP contribution in [0.1, 0.15) is 47.5 Å². The van der Waals surface area contributed by atoms with Crippen molar-refractivity contribution in [1.29, 1.82) is 0 Å². The SMILES string of the molecule is C[C@@H]1CC[C@H]2C(C)(C)[C@H]3C(C(O)C3(C)O)[C@]12C. The first-order chi connectivity index (χ1) is 7.66. The van der Waals surface area contributed by atoms with Crippen LogP contribution in [0.4, 0.5) is 0 Å². The lowest BCUT2D eigenvalue weighted by Gasteiger charge is -2.59. The van der Waals surface area contributed by atoms with Crippen LogP contribution in [0.3, 0.4) is 0 Å². The molecular formula is C15H26O2. The summed E-state index contributed by atoms with van der Waals surface area (Å²) < 4.78 is 0. The van der Waals surface area contributed by atoms with Gasteiger partial charge in [0.15, 0.2) is 0 Å². The maximum absolute atomic E-state index is 10.5. The fourth-order valence-corrected chi connectivity index (χ4v) is 6.22. The van der Waals surface area contributed by atoms with Gasteiger partial charge in [-0.15, -0.1) is 0 Å². The quantitative estimate of drug-likeness (QED) is 0.680. The lowest BCUT2D eigenvalue weighted by molar-refractivity contribution is -0.254. The zero-order valence-electron chi connectivity index (χ0n) is 11.7. The molecule has 98 valence electrons. The summed E-state index contributed by atoms with van der Waals surface area (Å²) >= 11 is 0. The van der Waals surface area contributed by atoms with Crippen LogP contribution in [0, 0.1) is 34.5 Å². The highest BCUT2D eigenvalue weighted by Crippen LogP contribution is 2.76. The molecular weight excluding hydrogens is 212 g/mol. The Morgan fingerprint density at radius 2 is 1.65 bits per heavy atom. The minimum atomic E-state index is -0.874. The van der Waals surface area contributed by atoms with Crippen LogP contribution in [0.15, 0.2) is 0 Å². The number of aliphatic hydroxyl groups is 2. The minimum absolute atomic E-state index is 0.160. The molecule has 3 saturated carbocycles. The van der Waals surface area contributed by atoms with E-state index < -0.39 is 11.7 Å². The smallest absolute Gasteiger partial charge is 0.0917 e. The summed E-state index contributed by atoms with van der Waals surface area (Å²) in [5.41, 5.74) is -0.482. The maximum atomic E-state index is 10.5. The fourth-order valence-electron chi connectivity index (χ4n) is 6.22. The number of hydrogen-bond donors (Lipinski definition) is 2. The molecule has 17 heavy (non-hydrogen) atoms. The molecule has 0 amide bonds. The van der Waals surface area contributed by atoms with Gasteiger partial charge in [-0.3, -0.25) is 0 Å². The molecule has 0 aromatic heterocycles. The van der Waals surface area contributed by atoms with Crippen LogP contribution in [0.25, 0.3) is 0 Å². The summed E-state index contributed by atoms with van der Waals surface area (Å²) in [5.74, 6) is 1.90. The van der Waals surface area contributed by atoms with Gasteiger partial charge in [0, 0.05) is 5.92 Å². The second kappa shape index (κ2) is 2.91. The zero-order valence-corrected chi connectivity index (χ0v) is 11.7. The van der Waals surface area contributed by atoms with Gasteiger partial charge in [0.1, 0.15) is 0 Å². The lowest BCUT2D eigenvalue weighted by Crippen LogP contribution is -2.68. The maximum Gasteiger partial charge on any atom is 0.0917 e. The van der Waals surface area contributed by atoms with E-state index in [0.29, 0.717) is 17.8 Å². The van der Waals surface area contributed by atoms with E-state index in [9.17, 15) is 10.2 Å². The Balaban J connectivity index is 2.10. The molecule has 0 heterocycles. The average molecular weight is 238 g/mol. The van der Waals surface area contributed by atoms with Crippen LogP contribution >= 0.6 is 0 Å². The van der Waals surface area contributed by atoms with E-state index in [1.807, 2.05) is 6.92 Å². The summed E-state index contributed by atoms with van der Waals surface area (Å²) in [6, 6.07) is 0.